The third kappa shape index (κ3) is 3.06. The summed E-state index contributed by atoms with van der Waals surface area (Å²) in [7, 11) is 0. The lowest BCUT2D eigenvalue weighted by atomic mass is 9.99. The highest BCUT2D eigenvalue weighted by Crippen LogP contribution is 2.42. The third-order valence-corrected chi connectivity index (χ3v) is 6.95. The average molecular weight is 411 g/mol. The number of Topliss-reactive ketones (excluding diaryl/α,β-unsaturated/α-hetero) is 1. The summed E-state index contributed by atoms with van der Waals surface area (Å²) < 4.78 is 2.18. The zero-order valence-corrected chi connectivity index (χ0v) is 16.8. The third-order valence-electron chi connectivity index (χ3n) is 5.14. The summed E-state index contributed by atoms with van der Waals surface area (Å²) >= 11 is 3.08. The van der Waals surface area contributed by atoms with Crippen molar-refractivity contribution < 1.29 is 9.59 Å². The van der Waals surface area contributed by atoms with Gasteiger partial charge in [0.05, 0.1) is 16.5 Å². The molecule has 1 aromatic carbocycles. The van der Waals surface area contributed by atoms with Gasteiger partial charge in [0.15, 0.2) is 16.8 Å². The first kappa shape index (κ1) is 17.6. The van der Waals surface area contributed by atoms with Crippen molar-refractivity contribution in [3.63, 3.8) is 0 Å². The Morgan fingerprint density at radius 3 is 2.93 bits per heavy atom. The molecule has 0 unspecified atom stereocenters. The van der Waals surface area contributed by atoms with E-state index in [1.54, 1.807) is 17.4 Å². The van der Waals surface area contributed by atoms with E-state index in [0.717, 1.165) is 40.0 Å². The van der Waals surface area contributed by atoms with E-state index in [0.29, 0.717) is 17.4 Å². The Bertz CT molecular complexity index is 1070. The van der Waals surface area contributed by atoms with Crippen molar-refractivity contribution in [3.05, 3.63) is 46.8 Å². The molecule has 1 amide bonds. The fourth-order valence-electron chi connectivity index (χ4n) is 3.42. The van der Waals surface area contributed by atoms with Crippen LogP contribution in [0, 0.1) is 0 Å². The normalized spacial score (nSPS) is 18.2. The Kier molecular flexibility index (Phi) is 4.32. The molecule has 2 aromatic heterocycles. The quantitative estimate of drug-likeness (QED) is 0.482. The topological polar surface area (TPSA) is 76.9 Å². The highest BCUT2D eigenvalue weighted by Gasteiger charge is 2.31. The molecule has 0 spiro atoms. The number of carbonyl (C=O) groups excluding carboxylic acids is 2. The Morgan fingerprint density at radius 2 is 2.18 bits per heavy atom. The summed E-state index contributed by atoms with van der Waals surface area (Å²) in [6.07, 6.45) is 2.25. The Labute approximate surface area is 170 Å². The number of amides is 1. The maximum Gasteiger partial charge on any atom is 0.231 e. The van der Waals surface area contributed by atoms with Gasteiger partial charge in [-0.2, -0.15) is 0 Å². The molecule has 3 aromatic rings. The number of aromatic nitrogens is 3. The van der Waals surface area contributed by atoms with Crippen molar-refractivity contribution in [1.29, 1.82) is 0 Å². The number of ketones is 1. The molecule has 1 saturated carbocycles. The minimum absolute atomic E-state index is 0.0207. The van der Waals surface area contributed by atoms with Crippen LogP contribution in [0.1, 0.15) is 47.6 Å². The average Bonchev–Trinajstić information content (AvgIpc) is 3.12. The number of fused-ring (bicyclic) bond motifs is 1. The zero-order chi connectivity index (χ0) is 19.3. The van der Waals surface area contributed by atoms with Crippen LogP contribution in [0.3, 0.4) is 0 Å². The number of hydrogen-bond acceptors (Lipinski definition) is 6. The number of thioether (sulfide) groups is 1. The highest BCUT2D eigenvalue weighted by molar-refractivity contribution is 7.99. The van der Waals surface area contributed by atoms with Crippen LogP contribution in [0.4, 0.5) is 5.69 Å². The van der Waals surface area contributed by atoms with Crippen molar-refractivity contribution in [1.82, 2.24) is 14.8 Å². The number of rotatable bonds is 6. The number of hydrogen-bond donors (Lipinski definition) is 1. The summed E-state index contributed by atoms with van der Waals surface area (Å²) in [5, 5.41) is 14.4. The Hall–Kier alpha value is -2.45. The summed E-state index contributed by atoms with van der Waals surface area (Å²) in [4.78, 5) is 25.7. The van der Waals surface area contributed by atoms with Gasteiger partial charge >= 0.3 is 0 Å². The van der Waals surface area contributed by atoms with Gasteiger partial charge in [0.1, 0.15) is 0 Å². The van der Waals surface area contributed by atoms with Crippen molar-refractivity contribution >= 4 is 40.5 Å². The molecule has 142 valence electrons. The molecule has 2 aliphatic rings. The lowest BCUT2D eigenvalue weighted by molar-refractivity contribution is -0.116. The van der Waals surface area contributed by atoms with Crippen molar-refractivity contribution in [2.75, 3.05) is 11.1 Å². The first-order chi connectivity index (χ1) is 13.6. The largest absolute Gasteiger partial charge is 0.325 e. The molecule has 6 nitrogen and oxygen atoms in total. The smallest absolute Gasteiger partial charge is 0.231 e. The molecular formula is C20H18N4O2S2. The van der Waals surface area contributed by atoms with Crippen LogP contribution >= 0.6 is 23.1 Å². The highest BCUT2D eigenvalue weighted by atomic mass is 32.2. The molecule has 0 bridgehead atoms. The van der Waals surface area contributed by atoms with E-state index in [2.05, 4.69) is 20.1 Å². The van der Waals surface area contributed by atoms with Gasteiger partial charge in [-0.25, -0.2) is 0 Å². The van der Waals surface area contributed by atoms with Crippen molar-refractivity contribution in [3.8, 4) is 10.7 Å². The molecule has 1 fully saturated rings. The zero-order valence-electron chi connectivity index (χ0n) is 15.2. The second-order valence-corrected chi connectivity index (χ2v) is 9.00. The molecule has 28 heavy (non-hydrogen) atoms. The van der Waals surface area contributed by atoms with Gasteiger partial charge in [-0.1, -0.05) is 17.8 Å². The standard InChI is InChI=1S/C20H18N4O2S2/c1-11-14-9-12(4-7-15(14)21-19(11)26)16(25)10-28-20-23-22-18(17-3-2-8-27-17)24(20)13-5-6-13/h2-4,7-9,11,13H,5-6,10H2,1H3,(H,21,26)/t11-/m0/s1. The Morgan fingerprint density at radius 1 is 1.32 bits per heavy atom. The molecule has 8 heteroatoms. The number of anilines is 1. The van der Waals surface area contributed by atoms with Gasteiger partial charge in [0, 0.05) is 17.3 Å². The molecule has 3 heterocycles. The van der Waals surface area contributed by atoms with Crippen LogP contribution in [0.25, 0.3) is 10.7 Å². The molecule has 0 radical (unpaired) electrons. The van der Waals surface area contributed by atoms with E-state index in [1.807, 2.05) is 36.6 Å². The van der Waals surface area contributed by atoms with Gasteiger partial charge in [-0.3, -0.25) is 14.2 Å². The molecule has 1 aliphatic heterocycles. The van der Waals surface area contributed by atoms with Crippen LogP contribution < -0.4 is 5.32 Å². The van der Waals surface area contributed by atoms with Gasteiger partial charge < -0.3 is 5.32 Å². The summed E-state index contributed by atoms with van der Waals surface area (Å²) in [5.41, 5.74) is 2.32. The van der Waals surface area contributed by atoms with E-state index >= 15 is 0 Å². The maximum atomic E-state index is 12.8. The minimum Gasteiger partial charge on any atom is -0.325 e. The summed E-state index contributed by atoms with van der Waals surface area (Å²) in [6, 6.07) is 9.93. The molecule has 1 atom stereocenters. The van der Waals surface area contributed by atoms with E-state index < -0.39 is 0 Å². The minimum atomic E-state index is -0.221. The summed E-state index contributed by atoms with van der Waals surface area (Å²) in [6.45, 7) is 1.86. The van der Waals surface area contributed by atoms with E-state index in [-0.39, 0.29) is 17.6 Å². The van der Waals surface area contributed by atoms with E-state index in [1.165, 1.54) is 11.8 Å². The molecule has 5 rings (SSSR count). The SMILES string of the molecule is C[C@@H]1C(=O)Nc2ccc(C(=O)CSc3nnc(-c4cccs4)n3C3CC3)cc21. The number of thiophene rings is 1. The number of nitrogens with one attached hydrogen (secondary N) is 1. The first-order valence-electron chi connectivity index (χ1n) is 9.21. The predicted molar refractivity (Wildman–Crippen MR) is 110 cm³/mol. The van der Waals surface area contributed by atoms with Crippen LogP contribution in [0.5, 0.6) is 0 Å². The van der Waals surface area contributed by atoms with Crippen LogP contribution in [0.15, 0.2) is 40.9 Å². The van der Waals surface area contributed by atoms with Gasteiger partial charge in [0.2, 0.25) is 5.91 Å². The predicted octanol–water partition coefficient (Wildman–Crippen LogP) is 4.37. The molecule has 1 N–H and O–H groups in total. The number of carbonyl (C=O) groups is 2. The number of benzene rings is 1. The van der Waals surface area contributed by atoms with Crippen LogP contribution in [0.2, 0.25) is 0 Å². The molecule has 1 aliphatic carbocycles. The number of nitrogens with zero attached hydrogens (tertiary/aromatic N) is 3. The fraction of sp³-hybridized carbons (Fsp3) is 0.300. The van der Waals surface area contributed by atoms with Crippen LogP contribution in [-0.4, -0.2) is 32.2 Å². The lowest BCUT2D eigenvalue weighted by Gasteiger charge is -2.08. The molecular weight excluding hydrogens is 392 g/mol. The lowest BCUT2D eigenvalue weighted by Crippen LogP contribution is -2.08. The van der Waals surface area contributed by atoms with Gasteiger partial charge in [0.25, 0.3) is 0 Å². The monoisotopic (exact) mass is 410 g/mol. The Balaban J connectivity index is 1.35. The van der Waals surface area contributed by atoms with Crippen LogP contribution in [-0.2, 0) is 4.79 Å². The second kappa shape index (κ2) is 6.86. The maximum absolute atomic E-state index is 12.8. The van der Waals surface area contributed by atoms with Gasteiger partial charge in [-0.05, 0) is 55.0 Å². The fourth-order valence-corrected chi connectivity index (χ4v) is 5.02. The second-order valence-electron chi connectivity index (χ2n) is 7.11. The van der Waals surface area contributed by atoms with E-state index in [4.69, 9.17) is 0 Å². The van der Waals surface area contributed by atoms with E-state index in [9.17, 15) is 9.59 Å². The van der Waals surface area contributed by atoms with Crippen molar-refractivity contribution in [2.45, 2.75) is 36.9 Å². The van der Waals surface area contributed by atoms with Crippen molar-refractivity contribution in [2.24, 2.45) is 0 Å². The first-order valence-corrected chi connectivity index (χ1v) is 11.1. The summed E-state index contributed by atoms with van der Waals surface area (Å²) in [5.74, 6) is 0.976. The van der Waals surface area contributed by atoms with Gasteiger partial charge in [-0.15, -0.1) is 21.5 Å². The molecule has 0 saturated heterocycles.